The summed E-state index contributed by atoms with van der Waals surface area (Å²) in [5.41, 5.74) is 2.06. The molecular formula is C18H23N5O. The minimum absolute atomic E-state index is 0.00162. The normalized spacial score (nSPS) is 17.5. The van der Waals surface area contributed by atoms with Crippen molar-refractivity contribution in [2.75, 3.05) is 32.7 Å². The molecule has 2 aromatic rings. The number of imidazole rings is 1. The molecule has 2 aromatic heterocycles. The van der Waals surface area contributed by atoms with E-state index in [0.29, 0.717) is 0 Å². The lowest BCUT2D eigenvalue weighted by atomic mass is 10.2. The van der Waals surface area contributed by atoms with E-state index in [9.17, 15) is 4.79 Å². The highest BCUT2D eigenvalue weighted by Crippen LogP contribution is 2.11. The number of piperazine rings is 1. The van der Waals surface area contributed by atoms with E-state index >= 15 is 0 Å². The van der Waals surface area contributed by atoms with E-state index in [1.54, 1.807) is 0 Å². The molecule has 0 aliphatic carbocycles. The van der Waals surface area contributed by atoms with Crippen LogP contribution in [0.2, 0.25) is 0 Å². The van der Waals surface area contributed by atoms with Crippen molar-refractivity contribution < 1.29 is 4.79 Å². The van der Waals surface area contributed by atoms with Crippen molar-refractivity contribution >= 4 is 11.6 Å². The van der Waals surface area contributed by atoms with Crippen molar-refractivity contribution in [3.8, 4) is 12.3 Å². The molecule has 126 valence electrons. The first-order chi connectivity index (χ1) is 11.7. The Hall–Kier alpha value is -2.36. The van der Waals surface area contributed by atoms with Crippen molar-refractivity contribution in [2.24, 2.45) is 0 Å². The number of rotatable bonds is 5. The molecule has 24 heavy (non-hydrogen) atoms. The molecule has 1 aliphatic rings. The van der Waals surface area contributed by atoms with Crippen molar-refractivity contribution in [3.05, 3.63) is 36.3 Å². The molecule has 0 bridgehead atoms. The second-order valence-electron chi connectivity index (χ2n) is 6.11. The summed E-state index contributed by atoms with van der Waals surface area (Å²) < 4.78 is 2.05. The van der Waals surface area contributed by atoms with Gasteiger partial charge in [-0.3, -0.25) is 14.6 Å². The van der Waals surface area contributed by atoms with Gasteiger partial charge in [0.25, 0.3) is 0 Å². The highest BCUT2D eigenvalue weighted by molar-refractivity contribution is 5.81. The molecule has 1 N–H and O–H groups in total. The zero-order valence-electron chi connectivity index (χ0n) is 14.0. The monoisotopic (exact) mass is 325 g/mol. The van der Waals surface area contributed by atoms with Crippen LogP contribution >= 0.6 is 0 Å². The van der Waals surface area contributed by atoms with E-state index in [2.05, 4.69) is 32.2 Å². The van der Waals surface area contributed by atoms with Crippen LogP contribution in [0, 0.1) is 12.3 Å². The molecule has 0 aromatic carbocycles. The predicted molar refractivity (Wildman–Crippen MR) is 93.3 cm³/mol. The predicted octanol–water partition coefficient (Wildman–Crippen LogP) is 0.590. The van der Waals surface area contributed by atoms with Gasteiger partial charge in [-0.1, -0.05) is 12.0 Å². The summed E-state index contributed by atoms with van der Waals surface area (Å²) in [6, 6.07) is 5.87. The molecule has 1 unspecified atom stereocenters. The number of carbonyl (C=O) groups is 1. The third kappa shape index (κ3) is 3.75. The van der Waals surface area contributed by atoms with Crippen LogP contribution in [0.25, 0.3) is 5.65 Å². The standard InChI is InChI=1S/C18H23N5O/c1-3-7-19-18(24)15(2)22-11-9-21(10-12-22)13-16-14-23-8-5-4-6-17(23)20-16/h1,4-6,8,14-15H,7,9-13H2,2H3,(H,19,24). The number of aromatic nitrogens is 2. The fourth-order valence-electron chi connectivity index (χ4n) is 3.05. The van der Waals surface area contributed by atoms with Crippen molar-refractivity contribution in [1.82, 2.24) is 24.5 Å². The lowest BCUT2D eigenvalue weighted by molar-refractivity contribution is -0.126. The molecule has 0 saturated carbocycles. The number of fused-ring (bicyclic) bond motifs is 1. The van der Waals surface area contributed by atoms with E-state index in [1.165, 1.54) is 0 Å². The fraction of sp³-hybridized carbons (Fsp3) is 0.444. The quantitative estimate of drug-likeness (QED) is 0.818. The average Bonchev–Trinajstić information content (AvgIpc) is 3.02. The first-order valence-corrected chi connectivity index (χ1v) is 8.27. The average molecular weight is 325 g/mol. The summed E-state index contributed by atoms with van der Waals surface area (Å²) in [4.78, 5) is 21.2. The molecule has 6 nitrogen and oxygen atoms in total. The van der Waals surface area contributed by atoms with Gasteiger partial charge in [0, 0.05) is 45.1 Å². The van der Waals surface area contributed by atoms with Crippen molar-refractivity contribution in [3.63, 3.8) is 0 Å². The minimum Gasteiger partial charge on any atom is -0.344 e. The summed E-state index contributed by atoms with van der Waals surface area (Å²) in [6.07, 6.45) is 9.28. The third-order valence-electron chi connectivity index (χ3n) is 4.50. The maximum atomic E-state index is 12.0. The lowest BCUT2D eigenvalue weighted by Crippen LogP contribution is -2.53. The first kappa shape index (κ1) is 16.5. The zero-order valence-corrected chi connectivity index (χ0v) is 14.0. The number of nitrogens with zero attached hydrogens (tertiary/aromatic N) is 4. The van der Waals surface area contributed by atoms with Gasteiger partial charge >= 0.3 is 0 Å². The smallest absolute Gasteiger partial charge is 0.237 e. The Balaban J connectivity index is 1.51. The molecule has 3 heterocycles. The van der Waals surface area contributed by atoms with Crippen LogP contribution in [0.4, 0.5) is 0 Å². The van der Waals surface area contributed by atoms with Gasteiger partial charge in [-0.05, 0) is 19.1 Å². The number of nitrogens with one attached hydrogen (secondary N) is 1. The summed E-state index contributed by atoms with van der Waals surface area (Å²) in [5, 5.41) is 2.75. The SMILES string of the molecule is C#CCNC(=O)C(C)N1CCN(Cc2cn3ccccc3n2)CC1. The number of terminal acetylenes is 1. The van der Waals surface area contributed by atoms with Gasteiger partial charge in [0.05, 0.1) is 18.3 Å². The van der Waals surface area contributed by atoms with E-state index in [4.69, 9.17) is 6.42 Å². The Morgan fingerprint density at radius 1 is 1.38 bits per heavy atom. The Bertz CT molecular complexity index is 706. The van der Waals surface area contributed by atoms with Gasteiger partial charge < -0.3 is 9.72 Å². The van der Waals surface area contributed by atoms with Crippen LogP contribution < -0.4 is 5.32 Å². The molecule has 1 saturated heterocycles. The van der Waals surface area contributed by atoms with E-state index in [1.807, 2.05) is 35.7 Å². The number of hydrogen-bond donors (Lipinski definition) is 1. The molecular weight excluding hydrogens is 302 g/mol. The molecule has 0 radical (unpaired) electrons. The number of amides is 1. The van der Waals surface area contributed by atoms with E-state index in [-0.39, 0.29) is 18.5 Å². The van der Waals surface area contributed by atoms with Gasteiger partial charge in [-0.25, -0.2) is 4.98 Å². The summed E-state index contributed by atoms with van der Waals surface area (Å²) >= 11 is 0. The van der Waals surface area contributed by atoms with Crippen molar-refractivity contribution in [2.45, 2.75) is 19.5 Å². The molecule has 1 atom stereocenters. The Morgan fingerprint density at radius 3 is 2.88 bits per heavy atom. The highest BCUT2D eigenvalue weighted by Gasteiger charge is 2.25. The second-order valence-corrected chi connectivity index (χ2v) is 6.11. The molecule has 1 aliphatic heterocycles. The number of pyridine rings is 1. The Kier molecular flexibility index (Phi) is 5.14. The summed E-state index contributed by atoms with van der Waals surface area (Å²) in [5.74, 6) is 2.44. The van der Waals surface area contributed by atoms with Crippen LogP contribution in [-0.2, 0) is 11.3 Å². The maximum Gasteiger partial charge on any atom is 0.237 e. The molecule has 1 amide bonds. The van der Waals surface area contributed by atoms with E-state index < -0.39 is 0 Å². The zero-order chi connectivity index (χ0) is 16.9. The van der Waals surface area contributed by atoms with Crippen LogP contribution in [0.1, 0.15) is 12.6 Å². The van der Waals surface area contributed by atoms with Crippen molar-refractivity contribution in [1.29, 1.82) is 0 Å². The van der Waals surface area contributed by atoms with Gasteiger partial charge in [0.2, 0.25) is 5.91 Å². The molecule has 0 spiro atoms. The van der Waals surface area contributed by atoms with Crippen LogP contribution in [-0.4, -0.2) is 63.9 Å². The topological polar surface area (TPSA) is 52.9 Å². The van der Waals surface area contributed by atoms with Crippen LogP contribution in [0.5, 0.6) is 0 Å². The Labute approximate surface area is 142 Å². The van der Waals surface area contributed by atoms with E-state index in [0.717, 1.165) is 44.1 Å². The van der Waals surface area contributed by atoms with Gasteiger partial charge in [0.15, 0.2) is 0 Å². The van der Waals surface area contributed by atoms with Crippen LogP contribution in [0.3, 0.4) is 0 Å². The fourth-order valence-corrected chi connectivity index (χ4v) is 3.05. The molecule has 6 heteroatoms. The van der Waals surface area contributed by atoms with Gasteiger partial charge in [0.1, 0.15) is 5.65 Å². The minimum atomic E-state index is -0.143. The maximum absolute atomic E-state index is 12.0. The van der Waals surface area contributed by atoms with Gasteiger partial charge in [-0.15, -0.1) is 6.42 Å². The molecule has 1 fully saturated rings. The first-order valence-electron chi connectivity index (χ1n) is 8.27. The summed E-state index contributed by atoms with van der Waals surface area (Å²) in [6.45, 7) is 6.67. The molecule has 3 rings (SSSR count). The third-order valence-corrected chi connectivity index (χ3v) is 4.50. The number of hydrogen-bond acceptors (Lipinski definition) is 4. The largest absolute Gasteiger partial charge is 0.344 e. The Morgan fingerprint density at radius 2 is 2.17 bits per heavy atom. The lowest BCUT2D eigenvalue weighted by Gasteiger charge is -2.37. The second kappa shape index (κ2) is 7.47. The summed E-state index contributed by atoms with van der Waals surface area (Å²) in [7, 11) is 0. The van der Waals surface area contributed by atoms with Crippen LogP contribution in [0.15, 0.2) is 30.6 Å². The van der Waals surface area contributed by atoms with Gasteiger partial charge in [-0.2, -0.15) is 0 Å². The number of carbonyl (C=O) groups excluding carboxylic acids is 1. The highest BCUT2D eigenvalue weighted by atomic mass is 16.2.